The van der Waals surface area contributed by atoms with Crippen LogP contribution >= 0.6 is 12.2 Å². The molecule has 0 fully saturated rings. The van der Waals surface area contributed by atoms with Crippen LogP contribution in [0.5, 0.6) is 0 Å². The van der Waals surface area contributed by atoms with E-state index in [4.69, 9.17) is 12.2 Å². The number of nitrogens with one attached hydrogen (secondary N) is 1. The van der Waals surface area contributed by atoms with E-state index in [1.165, 1.54) is 0 Å². The van der Waals surface area contributed by atoms with Crippen molar-refractivity contribution in [1.29, 1.82) is 0 Å². The monoisotopic (exact) mass is 242 g/mol. The molecule has 3 rings (SSSR count). The molecule has 3 aromatic rings. The van der Waals surface area contributed by atoms with Gasteiger partial charge in [-0.15, -0.1) is 0 Å². The number of nitrogens with zero attached hydrogens (tertiary/aromatic N) is 3. The minimum Gasteiger partial charge on any atom is -0.302 e. The molecule has 0 saturated carbocycles. The van der Waals surface area contributed by atoms with Gasteiger partial charge in [0.05, 0.1) is 0 Å². The number of rotatable bonds is 1. The van der Waals surface area contributed by atoms with Crippen molar-refractivity contribution in [1.82, 2.24) is 19.7 Å². The molecule has 0 radical (unpaired) electrons. The van der Waals surface area contributed by atoms with E-state index in [2.05, 4.69) is 21.2 Å². The molecule has 0 spiro atoms. The third kappa shape index (κ3) is 1.64. The summed E-state index contributed by atoms with van der Waals surface area (Å²) < 4.78 is 2.40. The summed E-state index contributed by atoms with van der Waals surface area (Å²) in [5, 5.41) is 9.20. The fourth-order valence-electron chi connectivity index (χ4n) is 1.78. The van der Waals surface area contributed by atoms with E-state index in [9.17, 15) is 0 Å². The highest BCUT2D eigenvalue weighted by molar-refractivity contribution is 7.71. The first-order valence-corrected chi connectivity index (χ1v) is 5.63. The molecule has 0 aliphatic carbocycles. The first kappa shape index (κ1) is 10.2. The summed E-state index contributed by atoms with van der Waals surface area (Å²) in [6.07, 6.45) is 1.85. The van der Waals surface area contributed by atoms with E-state index in [0.717, 1.165) is 22.3 Å². The van der Waals surface area contributed by atoms with Crippen molar-refractivity contribution >= 4 is 23.0 Å². The molecule has 0 unspecified atom stereocenters. The Hall–Kier alpha value is -2.01. The van der Waals surface area contributed by atoms with Gasteiger partial charge in [-0.25, -0.2) is 0 Å². The summed E-state index contributed by atoms with van der Waals surface area (Å²) in [4.78, 5) is 4.40. The molecule has 4 nitrogen and oxygen atoms in total. The van der Waals surface area contributed by atoms with Crippen molar-refractivity contribution in [3.05, 3.63) is 41.3 Å². The Balaban J connectivity index is 2.25. The average Bonchev–Trinajstić information content (AvgIpc) is 2.70. The first-order chi connectivity index (χ1) is 8.25. The second-order valence-corrected chi connectivity index (χ2v) is 4.21. The largest absolute Gasteiger partial charge is 0.302 e. The van der Waals surface area contributed by atoms with Crippen LogP contribution in [0.3, 0.4) is 0 Å². The van der Waals surface area contributed by atoms with Gasteiger partial charge in [-0.05, 0) is 23.7 Å². The molecule has 17 heavy (non-hydrogen) atoms. The minimum absolute atomic E-state index is 0.593. The Morgan fingerprint density at radius 3 is 2.71 bits per heavy atom. The molecule has 0 aliphatic heterocycles. The number of pyridine rings is 1. The molecule has 2 heterocycles. The van der Waals surface area contributed by atoms with Gasteiger partial charge in [0.25, 0.3) is 0 Å². The zero-order valence-electron chi connectivity index (χ0n) is 9.21. The lowest BCUT2D eigenvalue weighted by Gasteiger charge is -2.01. The van der Waals surface area contributed by atoms with Crippen molar-refractivity contribution in [3.63, 3.8) is 0 Å². The quantitative estimate of drug-likeness (QED) is 0.667. The molecule has 0 saturated heterocycles. The highest BCUT2D eigenvalue weighted by atomic mass is 32.1. The highest BCUT2D eigenvalue weighted by Crippen LogP contribution is 2.19. The molecule has 0 amide bonds. The molecule has 5 heteroatoms. The van der Waals surface area contributed by atoms with Gasteiger partial charge in [0.2, 0.25) is 0 Å². The number of aromatic amines is 1. The summed E-state index contributed by atoms with van der Waals surface area (Å²) in [7, 11) is 1.87. The van der Waals surface area contributed by atoms with E-state index < -0.39 is 0 Å². The number of benzene rings is 1. The van der Waals surface area contributed by atoms with Gasteiger partial charge in [-0.1, -0.05) is 24.3 Å². The zero-order valence-corrected chi connectivity index (χ0v) is 10.0. The maximum Gasteiger partial charge on any atom is 0.195 e. The van der Waals surface area contributed by atoms with Crippen LogP contribution in [0.2, 0.25) is 0 Å². The summed E-state index contributed by atoms with van der Waals surface area (Å²) in [5.74, 6) is 0.751. The van der Waals surface area contributed by atoms with Crippen molar-refractivity contribution in [2.45, 2.75) is 0 Å². The Morgan fingerprint density at radius 2 is 2.00 bits per heavy atom. The van der Waals surface area contributed by atoms with E-state index in [0.29, 0.717) is 4.77 Å². The predicted octanol–water partition coefficient (Wildman–Crippen LogP) is 2.69. The lowest BCUT2D eigenvalue weighted by Crippen LogP contribution is -1.94. The maximum atomic E-state index is 5.09. The summed E-state index contributed by atoms with van der Waals surface area (Å²) >= 11 is 5.09. The molecule has 0 atom stereocenters. The van der Waals surface area contributed by atoms with E-state index in [1.54, 1.807) is 0 Å². The van der Waals surface area contributed by atoms with E-state index >= 15 is 0 Å². The summed E-state index contributed by atoms with van der Waals surface area (Å²) in [6, 6.07) is 10.1. The molecule has 0 aliphatic rings. The van der Waals surface area contributed by atoms with E-state index in [1.807, 2.05) is 42.1 Å². The lowest BCUT2D eigenvalue weighted by atomic mass is 10.1. The number of hydrogen-bond acceptors (Lipinski definition) is 3. The van der Waals surface area contributed by atoms with Crippen molar-refractivity contribution < 1.29 is 0 Å². The van der Waals surface area contributed by atoms with Crippen LogP contribution in [0.25, 0.3) is 22.3 Å². The second kappa shape index (κ2) is 3.78. The minimum atomic E-state index is 0.593. The Kier molecular flexibility index (Phi) is 2.26. The molecule has 84 valence electrons. The molecular formula is C12H10N4S. The second-order valence-electron chi connectivity index (χ2n) is 3.83. The lowest BCUT2D eigenvalue weighted by molar-refractivity contribution is 0.897. The first-order valence-electron chi connectivity index (χ1n) is 5.22. The van der Waals surface area contributed by atoms with Gasteiger partial charge < -0.3 is 4.57 Å². The van der Waals surface area contributed by atoms with Crippen molar-refractivity contribution in [2.75, 3.05) is 0 Å². The Morgan fingerprint density at radius 1 is 1.24 bits per heavy atom. The van der Waals surface area contributed by atoms with Gasteiger partial charge in [0.1, 0.15) is 5.69 Å². The summed E-state index contributed by atoms with van der Waals surface area (Å²) in [6.45, 7) is 0. The standard InChI is InChI=1S/C12H10N4S/c1-16-11(14-15-12(16)17)10-6-8-4-2-3-5-9(8)7-13-10/h2-7H,1H3,(H,15,17). The van der Waals surface area contributed by atoms with Crippen molar-refractivity contribution in [2.24, 2.45) is 7.05 Å². The Labute approximate surface area is 103 Å². The summed E-state index contributed by atoms with van der Waals surface area (Å²) in [5.41, 5.74) is 0.818. The van der Waals surface area contributed by atoms with Crippen LogP contribution in [0, 0.1) is 4.77 Å². The van der Waals surface area contributed by atoms with Gasteiger partial charge in [0.15, 0.2) is 10.6 Å². The number of H-pyrrole nitrogens is 1. The van der Waals surface area contributed by atoms with Gasteiger partial charge in [0, 0.05) is 18.6 Å². The van der Waals surface area contributed by atoms with Gasteiger partial charge >= 0.3 is 0 Å². The van der Waals surface area contributed by atoms with E-state index in [-0.39, 0.29) is 0 Å². The SMILES string of the molecule is Cn1c(-c2cc3ccccc3cn2)n[nH]c1=S. The number of aromatic nitrogens is 4. The molecule has 2 aromatic heterocycles. The van der Waals surface area contributed by atoms with Crippen LogP contribution in [-0.2, 0) is 7.05 Å². The topological polar surface area (TPSA) is 46.5 Å². The van der Waals surface area contributed by atoms with Gasteiger partial charge in [-0.3, -0.25) is 10.1 Å². The third-order valence-electron chi connectivity index (χ3n) is 2.74. The average molecular weight is 242 g/mol. The van der Waals surface area contributed by atoms with Crippen LogP contribution in [0.15, 0.2) is 36.5 Å². The van der Waals surface area contributed by atoms with Crippen LogP contribution in [-0.4, -0.2) is 19.7 Å². The fraction of sp³-hybridized carbons (Fsp3) is 0.0833. The van der Waals surface area contributed by atoms with Crippen molar-refractivity contribution in [3.8, 4) is 11.5 Å². The number of fused-ring (bicyclic) bond motifs is 1. The highest BCUT2D eigenvalue weighted by Gasteiger charge is 2.07. The molecular weight excluding hydrogens is 232 g/mol. The maximum absolute atomic E-state index is 5.09. The molecule has 1 N–H and O–H groups in total. The molecule has 1 aromatic carbocycles. The smallest absolute Gasteiger partial charge is 0.195 e. The predicted molar refractivity (Wildman–Crippen MR) is 69.1 cm³/mol. The normalized spacial score (nSPS) is 10.9. The van der Waals surface area contributed by atoms with Crippen LogP contribution < -0.4 is 0 Å². The zero-order chi connectivity index (χ0) is 11.8. The number of hydrogen-bond donors (Lipinski definition) is 1. The third-order valence-corrected chi connectivity index (χ3v) is 3.10. The van der Waals surface area contributed by atoms with Crippen LogP contribution in [0.1, 0.15) is 0 Å². The molecule has 0 bridgehead atoms. The Bertz CT molecular complexity index is 741. The fourth-order valence-corrected chi connectivity index (χ4v) is 1.91. The van der Waals surface area contributed by atoms with Gasteiger partial charge in [-0.2, -0.15) is 5.10 Å². The van der Waals surface area contributed by atoms with Crippen LogP contribution in [0.4, 0.5) is 0 Å².